The SMILES string of the molecule is CCCCCCCCCCCCCCCCCC[C@H]1OC(S)[C@H](O)[C@@H]1O. The summed E-state index contributed by atoms with van der Waals surface area (Å²) in [5.74, 6) is 0. The highest BCUT2D eigenvalue weighted by Crippen LogP contribution is 2.27. The molecule has 1 saturated heterocycles. The fourth-order valence-corrected chi connectivity index (χ4v) is 4.19. The number of aliphatic hydroxyl groups is 2. The quantitative estimate of drug-likeness (QED) is 0.211. The second-order valence-corrected chi connectivity index (χ2v) is 8.65. The van der Waals surface area contributed by atoms with Gasteiger partial charge >= 0.3 is 0 Å². The number of hydrogen-bond acceptors (Lipinski definition) is 4. The predicted molar refractivity (Wildman–Crippen MR) is 114 cm³/mol. The molecule has 1 unspecified atom stereocenters. The number of ether oxygens (including phenoxy) is 1. The van der Waals surface area contributed by atoms with Crippen LogP contribution in [0.3, 0.4) is 0 Å². The van der Waals surface area contributed by atoms with Crippen molar-refractivity contribution >= 4 is 12.6 Å². The van der Waals surface area contributed by atoms with Crippen LogP contribution in [0.5, 0.6) is 0 Å². The van der Waals surface area contributed by atoms with Crippen molar-refractivity contribution < 1.29 is 14.9 Å². The zero-order chi connectivity index (χ0) is 19.0. The normalized spacial score (nSPS) is 25.8. The first-order valence-corrected chi connectivity index (χ1v) is 11.9. The largest absolute Gasteiger partial charge is 0.388 e. The van der Waals surface area contributed by atoms with E-state index in [1.807, 2.05) is 0 Å². The molecule has 1 aliphatic rings. The molecule has 3 nitrogen and oxygen atoms in total. The van der Waals surface area contributed by atoms with Crippen molar-refractivity contribution in [3.63, 3.8) is 0 Å². The van der Waals surface area contributed by atoms with E-state index in [4.69, 9.17) is 4.74 Å². The van der Waals surface area contributed by atoms with Gasteiger partial charge in [-0.1, -0.05) is 110 Å². The molecule has 26 heavy (non-hydrogen) atoms. The van der Waals surface area contributed by atoms with E-state index in [2.05, 4.69) is 19.6 Å². The van der Waals surface area contributed by atoms with Crippen LogP contribution in [0.4, 0.5) is 0 Å². The third kappa shape index (κ3) is 11.2. The summed E-state index contributed by atoms with van der Waals surface area (Å²) in [6.07, 6.45) is 20.8. The highest BCUT2D eigenvalue weighted by atomic mass is 32.1. The average Bonchev–Trinajstić information content (AvgIpc) is 2.88. The van der Waals surface area contributed by atoms with Crippen molar-refractivity contribution in [2.24, 2.45) is 0 Å². The van der Waals surface area contributed by atoms with Crippen molar-refractivity contribution in [3.05, 3.63) is 0 Å². The molecular formula is C22H44O3S. The molecule has 1 rings (SSSR count). The Labute approximate surface area is 167 Å². The minimum absolute atomic E-state index is 0.237. The predicted octanol–water partition coefficient (Wildman–Crippen LogP) is 6.01. The van der Waals surface area contributed by atoms with Gasteiger partial charge in [-0.15, -0.1) is 12.6 Å². The van der Waals surface area contributed by atoms with Crippen LogP contribution in [0, 0.1) is 0 Å². The maximum absolute atomic E-state index is 9.83. The van der Waals surface area contributed by atoms with Gasteiger partial charge < -0.3 is 14.9 Å². The van der Waals surface area contributed by atoms with Gasteiger partial charge in [0.25, 0.3) is 0 Å². The van der Waals surface area contributed by atoms with Gasteiger partial charge in [-0.05, 0) is 6.42 Å². The van der Waals surface area contributed by atoms with E-state index in [0.717, 1.165) is 12.8 Å². The molecule has 0 aromatic rings. The first kappa shape index (κ1) is 24.3. The fraction of sp³-hybridized carbons (Fsp3) is 1.00. The second kappa shape index (κ2) is 16.2. The molecule has 0 aromatic heterocycles. The van der Waals surface area contributed by atoms with Crippen LogP contribution in [0.25, 0.3) is 0 Å². The van der Waals surface area contributed by atoms with E-state index in [1.54, 1.807) is 0 Å². The molecule has 4 atom stereocenters. The molecule has 0 spiro atoms. The average molecular weight is 389 g/mol. The van der Waals surface area contributed by atoms with Crippen molar-refractivity contribution in [2.75, 3.05) is 0 Å². The van der Waals surface area contributed by atoms with Gasteiger partial charge in [0.15, 0.2) is 0 Å². The lowest BCUT2D eigenvalue weighted by Gasteiger charge is -2.13. The lowest BCUT2D eigenvalue weighted by Crippen LogP contribution is -2.30. The van der Waals surface area contributed by atoms with Crippen LogP contribution in [-0.4, -0.2) is 34.0 Å². The van der Waals surface area contributed by atoms with Crippen molar-refractivity contribution in [1.29, 1.82) is 0 Å². The third-order valence-corrected chi connectivity index (χ3v) is 6.11. The van der Waals surface area contributed by atoms with Gasteiger partial charge in [0.1, 0.15) is 17.6 Å². The molecule has 156 valence electrons. The summed E-state index contributed by atoms with van der Waals surface area (Å²) in [6.45, 7) is 2.28. The molecule has 2 N–H and O–H groups in total. The van der Waals surface area contributed by atoms with Crippen molar-refractivity contribution in [1.82, 2.24) is 0 Å². The van der Waals surface area contributed by atoms with Crippen molar-refractivity contribution in [3.8, 4) is 0 Å². The van der Waals surface area contributed by atoms with Crippen LogP contribution in [0.15, 0.2) is 0 Å². The second-order valence-electron chi connectivity index (χ2n) is 8.14. The highest BCUT2D eigenvalue weighted by molar-refractivity contribution is 7.80. The van der Waals surface area contributed by atoms with E-state index < -0.39 is 17.6 Å². The van der Waals surface area contributed by atoms with Crippen LogP contribution in [0.1, 0.15) is 116 Å². The Balaban J connectivity index is 1.75. The van der Waals surface area contributed by atoms with Gasteiger partial charge in [-0.3, -0.25) is 0 Å². The first-order valence-electron chi connectivity index (χ1n) is 11.4. The summed E-state index contributed by atoms with van der Waals surface area (Å²) >= 11 is 4.13. The maximum atomic E-state index is 9.83. The summed E-state index contributed by atoms with van der Waals surface area (Å²) in [7, 11) is 0. The molecule has 1 aliphatic heterocycles. The molecular weight excluding hydrogens is 344 g/mol. The summed E-state index contributed by atoms with van der Waals surface area (Å²) in [4.78, 5) is 0. The third-order valence-electron chi connectivity index (χ3n) is 5.68. The standard InChI is InChI=1S/C22H44O3S/c1-2-3-4-5-6-7-8-9-10-11-12-13-14-15-16-17-18-19-20(23)21(24)22(26)25-19/h19-24,26H,2-18H2,1H3/t19-,20-,21-,22?/m1/s1. The highest BCUT2D eigenvalue weighted by Gasteiger charge is 2.40. The number of aliphatic hydroxyl groups excluding tert-OH is 2. The number of thiol groups is 1. The number of unbranched alkanes of at least 4 members (excludes halogenated alkanes) is 15. The molecule has 4 heteroatoms. The summed E-state index contributed by atoms with van der Waals surface area (Å²) in [6, 6.07) is 0. The Bertz CT molecular complexity index is 314. The Kier molecular flexibility index (Phi) is 15.1. The van der Waals surface area contributed by atoms with Gasteiger partial charge in [0.05, 0.1) is 6.10 Å². The number of hydrogen-bond donors (Lipinski definition) is 3. The topological polar surface area (TPSA) is 49.7 Å². The lowest BCUT2D eigenvalue weighted by atomic mass is 10.0. The summed E-state index contributed by atoms with van der Waals surface area (Å²) in [5, 5.41) is 19.4. The summed E-state index contributed by atoms with van der Waals surface area (Å²) < 4.78 is 5.47. The molecule has 0 aliphatic carbocycles. The molecule has 0 saturated carbocycles. The van der Waals surface area contributed by atoms with Gasteiger partial charge in [-0.25, -0.2) is 0 Å². The van der Waals surface area contributed by atoms with E-state index in [1.165, 1.54) is 96.3 Å². The fourth-order valence-electron chi connectivity index (χ4n) is 3.86. The van der Waals surface area contributed by atoms with E-state index >= 15 is 0 Å². The molecule has 0 radical (unpaired) electrons. The number of rotatable bonds is 17. The molecule has 0 amide bonds. The monoisotopic (exact) mass is 388 g/mol. The molecule has 1 fully saturated rings. The minimum Gasteiger partial charge on any atom is -0.388 e. The van der Waals surface area contributed by atoms with Crippen LogP contribution in [0.2, 0.25) is 0 Å². The minimum atomic E-state index is -0.843. The smallest absolute Gasteiger partial charge is 0.129 e. The van der Waals surface area contributed by atoms with Gasteiger partial charge in [0, 0.05) is 0 Å². The Morgan fingerprint density at radius 1 is 0.615 bits per heavy atom. The summed E-state index contributed by atoms with van der Waals surface area (Å²) in [5.41, 5.74) is -0.531. The van der Waals surface area contributed by atoms with Gasteiger partial charge in [0.2, 0.25) is 0 Å². The Morgan fingerprint density at radius 3 is 1.35 bits per heavy atom. The lowest BCUT2D eigenvalue weighted by molar-refractivity contribution is 0.0175. The van der Waals surface area contributed by atoms with Crippen LogP contribution < -0.4 is 0 Å². The molecule has 0 bridgehead atoms. The van der Waals surface area contributed by atoms with E-state index in [0.29, 0.717) is 0 Å². The Morgan fingerprint density at radius 2 is 1.00 bits per heavy atom. The van der Waals surface area contributed by atoms with Crippen LogP contribution >= 0.6 is 12.6 Å². The zero-order valence-corrected chi connectivity index (χ0v) is 18.0. The molecule has 0 aromatic carbocycles. The molecule has 1 heterocycles. The van der Waals surface area contributed by atoms with Crippen LogP contribution in [-0.2, 0) is 4.74 Å². The van der Waals surface area contributed by atoms with Crippen molar-refractivity contribution in [2.45, 2.75) is 140 Å². The van der Waals surface area contributed by atoms with E-state index in [9.17, 15) is 10.2 Å². The van der Waals surface area contributed by atoms with E-state index in [-0.39, 0.29) is 6.10 Å². The maximum Gasteiger partial charge on any atom is 0.129 e. The Hall–Kier alpha value is 0.230. The van der Waals surface area contributed by atoms with Gasteiger partial charge in [-0.2, -0.15) is 0 Å². The first-order chi connectivity index (χ1) is 12.7. The zero-order valence-electron chi connectivity index (χ0n) is 17.1.